The minimum Gasteiger partial charge on any atom is -0.379 e. The van der Waals surface area contributed by atoms with Gasteiger partial charge in [0.05, 0.1) is 47.6 Å². The van der Waals surface area contributed by atoms with Gasteiger partial charge >= 0.3 is 12.1 Å². The van der Waals surface area contributed by atoms with Crippen molar-refractivity contribution in [3.05, 3.63) is 60.2 Å². The van der Waals surface area contributed by atoms with Crippen LogP contribution in [0.5, 0.6) is 0 Å². The third kappa shape index (κ3) is 13.0. The summed E-state index contributed by atoms with van der Waals surface area (Å²) in [6.45, 7) is 13.3. The second kappa shape index (κ2) is 22.3. The molecule has 4 N–H and O–H groups in total. The highest BCUT2D eigenvalue weighted by molar-refractivity contribution is 7.90. The molecule has 15 nitrogen and oxygen atoms in total. The summed E-state index contributed by atoms with van der Waals surface area (Å²) < 4.78 is 78.0. The fourth-order valence-electron chi connectivity index (χ4n) is 8.33. The van der Waals surface area contributed by atoms with Gasteiger partial charge < -0.3 is 35.2 Å². The van der Waals surface area contributed by atoms with Crippen molar-refractivity contribution in [1.29, 1.82) is 0 Å². The average Bonchev–Trinajstić information content (AvgIpc) is 3.72. The molecule has 1 saturated heterocycles. The molecule has 0 aromatic heterocycles. The zero-order valence-electron chi connectivity index (χ0n) is 38.0. The molecule has 63 heavy (non-hydrogen) atoms. The number of nitrogens with one attached hydrogen (secondary N) is 4. The summed E-state index contributed by atoms with van der Waals surface area (Å²) in [5.74, 6) is -5.74. The van der Waals surface area contributed by atoms with E-state index in [2.05, 4.69) is 10.6 Å². The number of likely N-dealkylation sites (N-methyl/N-ethyl adjacent to an activating group) is 2. The minimum absolute atomic E-state index is 0.143. The highest BCUT2D eigenvalue weighted by Gasteiger charge is 2.44. The summed E-state index contributed by atoms with van der Waals surface area (Å²) in [5.41, 5.74) is 0.00689. The Labute approximate surface area is 369 Å². The minimum atomic E-state index is -5.15. The summed E-state index contributed by atoms with van der Waals surface area (Å²) in [6.07, 6.45) is -5.39. The summed E-state index contributed by atoms with van der Waals surface area (Å²) in [7, 11) is 1.65. The zero-order chi connectivity index (χ0) is 47.6. The molecule has 0 unspecified atom stereocenters. The standard InChI is InChI=1S/C44H65F3N6O9S/c1-12-27(4)36(52(9)41(57)35(26(2)3)50-40(56)38(48-8)43(6,7)29-17-14-13-15-18-29)33(61-10)25-34(54)53-24-16-19-32(53)37(62-11)28(5)39(55)51-63(59,60)31-22-20-30(21-23-31)49-42(58)44(45,46)47/h13-15,17-18,20-23,26-28,32-33,35-38,48H,12,16,19,24-25H2,1-11H3,(H,49,58)(H,50,56)(H,51,55)/t27-,28+,32-,33+,35-,36-,37+,38+/m0/s1. The van der Waals surface area contributed by atoms with E-state index < -0.39 is 80.6 Å². The molecule has 1 fully saturated rings. The van der Waals surface area contributed by atoms with Gasteiger partial charge in [-0.3, -0.25) is 24.0 Å². The molecule has 0 spiro atoms. The first-order valence-electron chi connectivity index (χ1n) is 21.1. The Morgan fingerprint density at radius 1 is 0.921 bits per heavy atom. The lowest BCUT2D eigenvalue weighted by Gasteiger charge is -2.41. The van der Waals surface area contributed by atoms with Crippen molar-refractivity contribution in [2.45, 2.75) is 127 Å². The van der Waals surface area contributed by atoms with Crippen LogP contribution in [0.1, 0.15) is 79.7 Å². The molecule has 2 aromatic rings. The van der Waals surface area contributed by atoms with Gasteiger partial charge in [0.2, 0.25) is 23.6 Å². The van der Waals surface area contributed by atoms with Crippen molar-refractivity contribution in [1.82, 2.24) is 25.2 Å². The molecule has 0 bridgehead atoms. The Morgan fingerprint density at radius 3 is 2.03 bits per heavy atom. The van der Waals surface area contributed by atoms with E-state index in [-0.39, 0.29) is 41.7 Å². The predicted molar refractivity (Wildman–Crippen MR) is 232 cm³/mol. The number of hydrogen-bond donors (Lipinski definition) is 4. The molecule has 0 aliphatic carbocycles. The largest absolute Gasteiger partial charge is 0.471 e. The first kappa shape index (κ1) is 52.8. The number of anilines is 1. The number of hydrogen-bond acceptors (Lipinski definition) is 10. The van der Waals surface area contributed by atoms with E-state index in [1.54, 1.807) is 29.2 Å². The molecule has 1 aliphatic heterocycles. The van der Waals surface area contributed by atoms with Crippen LogP contribution in [0.25, 0.3) is 0 Å². The van der Waals surface area contributed by atoms with Crippen LogP contribution in [0.4, 0.5) is 18.9 Å². The first-order chi connectivity index (χ1) is 29.4. The van der Waals surface area contributed by atoms with Crippen LogP contribution in [0, 0.1) is 17.8 Å². The second-order valence-corrected chi connectivity index (χ2v) is 18.8. The monoisotopic (exact) mass is 910 g/mol. The number of amides is 5. The van der Waals surface area contributed by atoms with Gasteiger partial charge in [-0.15, -0.1) is 0 Å². The van der Waals surface area contributed by atoms with E-state index in [0.29, 0.717) is 25.8 Å². The van der Waals surface area contributed by atoms with Gasteiger partial charge in [0.1, 0.15) is 6.04 Å². The van der Waals surface area contributed by atoms with E-state index in [9.17, 15) is 45.6 Å². The SMILES string of the molecule is CC[C@H](C)[C@@H]([C@@H](CC(=O)N1CCC[C@H]1[C@H](OC)[C@@H](C)C(=O)NS(=O)(=O)c1ccc(NC(=O)C(F)(F)F)cc1)OC)N(C)C(=O)[C@@H](NC(=O)[C@@H](NC)C(C)(C)c1ccccc1)C(C)C. The molecule has 8 atom stereocenters. The maximum absolute atomic E-state index is 14.5. The fraction of sp³-hybridized carbons (Fsp3) is 0.614. The first-order valence-corrected chi connectivity index (χ1v) is 22.6. The molecule has 19 heteroatoms. The number of benzene rings is 2. The van der Waals surface area contributed by atoms with E-state index in [0.717, 1.165) is 29.8 Å². The fourth-order valence-corrected chi connectivity index (χ4v) is 9.40. The second-order valence-electron chi connectivity index (χ2n) is 17.1. The van der Waals surface area contributed by atoms with Crippen LogP contribution in [-0.2, 0) is 48.9 Å². The topological polar surface area (TPSA) is 193 Å². The number of carbonyl (C=O) groups excluding carboxylic acids is 5. The van der Waals surface area contributed by atoms with Crippen molar-refractivity contribution in [3.8, 4) is 0 Å². The summed E-state index contributed by atoms with van der Waals surface area (Å²) in [5, 5.41) is 7.78. The van der Waals surface area contributed by atoms with Crippen LogP contribution in [-0.4, -0.2) is 125 Å². The Hall–Kier alpha value is -4.59. The number of halogens is 3. The van der Waals surface area contributed by atoms with Gasteiger partial charge in [0, 0.05) is 38.9 Å². The Morgan fingerprint density at radius 2 is 1.52 bits per heavy atom. The lowest BCUT2D eigenvalue weighted by molar-refractivity contribution is -0.167. The summed E-state index contributed by atoms with van der Waals surface area (Å²) in [6, 6.07) is 10.6. The van der Waals surface area contributed by atoms with E-state index in [1.165, 1.54) is 21.1 Å². The van der Waals surface area contributed by atoms with Crippen LogP contribution in [0.2, 0.25) is 0 Å². The van der Waals surface area contributed by atoms with Crippen LogP contribution in [0.15, 0.2) is 59.5 Å². The molecule has 0 radical (unpaired) electrons. The van der Waals surface area contributed by atoms with Crippen LogP contribution >= 0.6 is 0 Å². The third-order valence-electron chi connectivity index (χ3n) is 12.2. The van der Waals surface area contributed by atoms with Gasteiger partial charge in [-0.05, 0) is 61.6 Å². The Bertz CT molecular complexity index is 1990. The maximum atomic E-state index is 14.5. The molecule has 1 heterocycles. The quantitative estimate of drug-likeness (QED) is 0.138. The van der Waals surface area contributed by atoms with E-state index >= 15 is 0 Å². The normalized spacial score (nSPS) is 18.1. The van der Waals surface area contributed by atoms with Crippen LogP contribution < -0.4 is 20.7 Å². The molecule has 0 saturated carbocycles. The molecule has 1 aliphatic rings. The van der Waals surface area contributed by atoms with E-state index in [4.69, 9.17) is 9.47 Å². The number of likely N-dealkylation sites (tertiary alicyclic amines) is 1. The van der Waals surface area contributed by atoms with Crippen molar-refractivity contribution >= 4 is 45.2 Å². The summed E-state index contributed by atoms with van der Waals surface area (Å²) >= 11 is 0. The van der Waals surface area contributed by atoms with E-state index in [1.807, 2.05) is 76.6 Å². The summed E-state index contributed by atoms with van der Waals surface area (Å²) in [4.78, 5) is 70.1. The molecule has 5 amide bonds. The number of alkyl halides is 3. The number of nitrogens with zero attached hydrogens (tertiary/aromatic N) is 2. The predicted octanol–water partition coefficient (Wildman–Crippen LogP) is 4.62. The number of rotatable bonds is 21. The van der Waals surface area contributed by atoms with Gasteiger partial charge in [0.15, 0.2) is 0 Å². The third-order valence-corrected chi connectivity index (χ3v) is 13.6. The van der Waals surface area contributed by atoms with Gasteiger partial charge in [0.25, 0.3) is 10.0 Å². The average molecular weight is 911 g/mol. The van der Waals surface area contributed by atoms with Crippen molar-refractivity contribution in [2.24, 2.45) is 17.8 Å². The number of sulfonamides is 1. The lowest BCUT2D eigenvalue weighted by atomic mass is 9.77. The lowest BCUT2D eigenvalue weighted by Crippen LogP contribution is -2.61. The Kier molecular flexibility index (Phi) is 18.7. The van der Waals surface area contributed by atoms with Crippen LogP contribution in [0.3, 0.4) is 0 Å². The van der Waals surface area contributed by atoms with Crippen molar-refractivity contribution < 1.29 is 55.0 Å². The Balaban J connectivity index is 1.78. The van der Waals surface area contributed by atoms with Crippen molar-refractivity contribution in [3.63, 3.8) is 0 Å². The smallest absolute Gasteiger partial charge is 0.379 e. The highest BCUT2D eigenvalue weighted by atomic mass is 32.2. The number of carbonyl (C=O) groups is 5. The number of ether oxygens (including phenoxy) is 2. The van der Waals surface area contributed by atoms with Gasteiger partial charge in [-0.2, -0.15) is 13.2 Å². The maximum Gasteiger partial charge on any atom is 0.471 e. The number of methoxy groups -OCH3 is 2. The molecule has 3 rings (SSSR count). The molecule has 2 aromatic carbocycles. The molecule has 352 valence electrons. The highest BCUT2D eigenvalue weighted by Crippen LogP contribution is 2.31. The zero-order valence-corrected chi connectivity index (χ0v) is 38.9. The van der Waals surface area contributed by atoms with Gasteiger partial charge in [-0.25, -0.2) is 13.1 Å². The molecular formula is C44H65F3N6O9S. The van der Waals surface area contributed by atoms with Crippen molar-refractivity contribution in [2.75, 3.05) is 40.2 Å². The molecular weight excluding hydrogens is 846 g/mol. The van der Waals surface area contributed by atoms with Gasteiger partial charge in [-0.1, -0.05) is 85.2 Å².